The Bertz CT molecular complexity index is 592. The minimum atomic E-state index is -0.0242. The lowest BCUT2D eigenvalue weighted by Gasteiger charge is -2.36. The number of para-hydroxylation sites is 2. The molecule has 3 rings (SSSR count). The summed E-state index contributed by atoms with van der Waals surface area (Å²) in [5.41, 5.74) is 10.4. The average molecular weight is 268 g/mol. The Balaban J connectivity index is 1.97. The third kappa shape index (κ3) is 2.23. The molecule has 0 amide bonds. The van der Waals surface area contributed by atoms with Crippen LogP contribution in [0.4, 0.5) is 17.1 Å². The summed E-state index contributed by atoms with van der Waals surface area (Å²) in [6.45, 7) is 3.92. The van der Waals surface area contributed by atoms with Gasteiger partial charge in [0.15, 0.2) is 0 Å². The van der Waals surface area contributed by atoms with E-state index >= 15 is 0 Å². The number of nitrogens with zero attached hydrogens (tertiary/aromatic N) is 3. The Hall–Kier alpha value is -2.07. The number of fused-ring (bicyclic) bond motifs is 1. The molecular formula is C16H20N4. The highest BCUT2D eigenvalue weighted by Gasteiger charge is 2.21. The minimum Gasteiger partial charge on any atom is -0.371 e. The number of benzene rings is 1. The van der Waals surface area contributed by atoms with Crippen LogP contribution in [-0.4, -0.2) is 25.1 Å². The Labute approximate surface area is 119 Å². The summed E-state index contributed by atoms with van der Waals surface area (Å²) in [6, 6.07) is 12.6. The topological polar surface area (TPSA) is 45.4 Å². The van der Waals surface area contributed by atoms with Gasteiger partial charge in [0.25, 0.3) is 0 Å². The van der Waals surface area contributed by atoms with Gasteiger partial charge in [0.1, 0.15) is 0 Å². The summed E-state index contributed by atoms with van der Waals surface area (Å²) >= 11 is 0. The maximum absolute atomic E-state index is 5.85. The first-order chi connectivity index (χ1) is 9.66. The first-order valence-corrected chi connectivity index (χ1v) is 6.96. The fourth-order valence-corrected chi connectivity index (χ4v) is 2.60. The van der Waals surface area contributed by atoms with Crippen LogP contribution in [0.3, 0.4) is 0 Å². The maximum atomic E-state index is 5.85. The molecule has 4 heteroatoms. The van der Waals surface area contributed by atoms with Crippen molar-refractivity contribution in [2.45, 2.75) is 13.0 Å². The Morgan fingerprint density at radius 3 is 2.50 bits per heavy atom. The molecule has 4 nitrogen and oxygen atoms in total. The number of nitrogens with two attached hydrogens (primary N) is 1. The van der Waals surface area contributed by atoms with E-state index in [0.717, 1.165) is 24.5 Å². The van der Waals surface area contributed by atoms with E-state index in [1.54, 1.807) is 0 Å². The first kappa shape index (κ1) is 12.9. The fourth-order valence-electron chi connectivity index (χ4n) is 2.60. The van der Waals surface area contributed by atoms with Crippen molar-refractivity contribution in [1.82, 2.24) is 4.98 Å². The summed E-state index contributed by atoms with van der Waals surface area (Å²) in [6.07, 6.45) is 1.92. The van der Waals surface area contributed by atoms with Crippen LogP contribution in [0, 0.1) is 0 Å². The zero-order valence-electron chi connectivity index (χ0n) is 12.0. The summed E-state index contributed by atoms with van der Waals surface area (Å²) in [7, 11) is 2.13. The van der Waals surface area contributed by atoms with Crippen LogP contribution in [-0.2, 0) is 0 Å². The van der Waals surface area contributed by atoms with Gasteiger partial charge in [0, 0.05) is 26.2 Å². The van der Waals surface area contributed by atoms with Crippen molar-refractivity contribution in [3.05, 3.63) is 48.3 Å². The van der Waals surface area contributed by atoms with Crippen LogP contribution in [0.15, 0.2) is 42.6 Å². The van der Waals surface area contributed by atoms with Gasteiger partial charge in [0.2, 0.25) is 0 Å². The molecule has 2 aromatic rings. The van der Waals surface area contributed by atoms with Gasteiger partial charge in [-0.05, 0) is 31.2 Å². The number of rotatable bonds is 2. The highest BCUT2D eigenvalue weighted by Crippen LogP contribution is 2.36. The summed E-state index contributed by atoms with van der Waals surface area (Å²) in [4.78, 5) is 9.07. The van der Waals surface area contributed by atoms with Crippen molar-refractivity contribution in [3.8, 4) is 0 Å². The number of hydrogen-bond donors (Lipinski definition) is 1. The molecule has 0 spiro atoms. The lowest BCUT2D eigenvalue weighted by atomic mass is 10.1. The number of aromatic nitrogens is 1. The number of anilines is 3. The molecule has 0 saturated heterocycles. The van der Waals surface area contributed by atoms with Crippen LogP contribution < -0.4 is 15.5 Å². The van der Waals surface area contributed by atoms with E-state index in [0.29, 0.717) is 0 Å². The quantitative estimate of drug-likeness (QED) is 0.909. The molecule has 1 aliphatic heterocycles. The number of hydrogen-bond acceptors (Lipinski definition) is 4. The van der Waals surface area contributed by atoms with E-state index in [9.17, 15) is 0 Å². The lowest BCUT2D eigenvalue weighted by Crippen LogP contribution is -2.36. The number of pyridine rings is 1. The van der Waals surface area contributed by atoms with Gasteiger partial charge < -0.3 is 15.5 Å². The van der Waals surface area contributed by atoms with Crippen molar-refractivity contribution in [2.75, 3.05) is 29.9 Å². The summed E-state index contributed by atoms with van der Waals surface area (Å²) in [5, 5.41) is 0. The van der Waals surface area contributed by atoms with Crippen LogP contribution >= 0.6 is 0 Å². The van der Waals surface area contributed by atoms with E-state index in [2.05, 4.69) is 52.2 Å². The Kier molecular flexibility index (Phi) is 3.32. The monoisotopic (exact) mass is 268 g/mol. The number of likely N-dealkylation sites (N-methyl/N-ethyl adjacent to an activating group) is 1. The Morgan fingerprint density at radius 2 is 1.85 bits per heavy atom. The lowest BCUT2D eigenvalue weighted by molar-refractivity contribution is 0.777. The van der Waals surface area contributed by atoms with Crippen molar-refractivity contribution < 1.29 is 0 Å². The molecule has 0 unspecified atom stereocenters. The second-order valence-corrected chi connectivity index (χ2v) is 5.29. The molecule has 1 aromatic heterocycles. The second kappa shape index (κ2) is 5.13. The maximum Gasteiger partial charge on any atom is 0.0649 e. The largest absolute Gasteiger partial charge is 0.371 e. The Morgan fingerprint density at radius 1 is 1.10 bits per heavy atom. The average Bonchev–Trinajstić information content (AvgIpc) is 2.48. The molecule has 1 aliphatic rings. The fraction of sp³-hybridized carbons (Fsp3) is 0.312. The van der Waals surface area contributed by atoms with E-state index in [1.165, 1.54) is 11.4 Å². The molecule has 0 radical (unpaired) electrons. The third-order valence-corrected chi connectivity index (χ3v) is 3.79. The van der Waals surface area contributed by atoms with Crippen LogP contribution in [0.1, 0.15) is 18.7 Å². The molecule has 0 saturated carbocycles. The second-order valence-electron chi connectivity index (χ2n) is 5.29. The predicted octanol–water partition coefficient (Wildman–Crippen LogP) is 2.69. The molecule has 2 N–H and O–H groups in total. The van der Waals surface area contributed by atoms with Gasteiger partial charge in [0.05, 0.1) is 29.0 Å². The van der Waals surface area contributed by atoms with Gasteiger partial charge in [-0.1, -0.05) is 12.1 Å². The summed E-state index contributed by atoms with van der Waals surface area (Å²) in [5.74, 6) is 0. The molecular weight excluding hydrogens is 248 g/mol. The standard InChI is InChI=1S/C16H20N4/c1-12(17)14-8-7-13(11-18-14)20-10-9-19(2)15-5-3-4-6-16(15)20/h3-8,11-12H,9-10,17H2,1-2H3/t12-/m1/s1. The van der Waals surface area contributed by atoms with Crippen molar-refractivity contribution >= 4 is 17.1 Å². The molecule has 0 fully saturated rings. The molecule has 1 atom stereocenters. The smallest absolute Gasteiger partial charge is 0.0649 e. The van der Waals surface area contributed by atoms with E-state index in [1.807, 2.05) is 19.2 Å². The van der Waals surface area contributed by atoms with Gasteiger partial charge in [-0.3, -0.25) is 4.98 Å². The van der Waals surface area contributed by atoms with E-state index < -0.39 is 0 Å². The highest BCUT2D eigenvalue weighted by atomic mass is 15.3. The molecule has 0 aliphatic carbocycles. The van der Waals surface area contributed by atoms with Crippen molar-refractivity contribution in [3.63, 3.8) is 0 Å². The van der Waals surface area contributed by atoms with Crippen LogP contribution in [0.2, 0.25) is 0 Å². The van der Waals surface area contributed by atoms with Crippen molar-refractivity contribution in [1.29, 1.82) is 0 Å². The van der Waals surface area contributed by atoms with Gasteiger partial charge in [-0.25, -0.2) is 0 Å². The normalized spacial score (nSPS) is 15.9. The molecule has 20 heavy (non-hydrogen) atoms. The van der Waals surface area contributed by atoms with E-state index in [4.69, 9.17) is 5.73 Å². The van der Waals surface area contributed by atoms with Crippen LogP contribution in [0.5, 0.6) is 0 Å². The van der Waals surface area contributed by atoms with Gasteiger partial charge >= 0.3 is 0 Å². The van der Waals surface area contributed by atoms with Crippen LogP contribution in [0.25, 0.3) is 0 Å². The minimum absolute atomic E-state index is 0.0242. The molecule has 2 heterocycles. The molecule has 104 valence electrons. The highest BCUT2D eigenvalue weighted by molar-refractivity contribution is 5.78. The zero-order valence-corrected chi connectivity index (χ0v) is 12.0. The van der Waals surface area contributed by atoms with Gasteiger partial charge in [-0.2, -0.15) is 0 Å². The SMILES string of the molecule is C[C@@H](N)c1ccc(N2CCN(C)c3ccccc32)cn1. The van der Waals surface area contributed by atoms with E-state index in [-0.39, 0.29) is 6.04 Å². The first-order valence-electron chi connectivity index (χ1n) is 6.96. The predicted molar refractivity (Wildman–Crippen MR) is 83.6 cm³/mol. The summed E-state index contributed by atoms with van der Waals surface area (Å²) < 4.78 is 0. The molecule has 1 aromatic carbocycles. The molecule has 0 bridgehead atoms. The zero-order chi connectivity index (χ0) is 14.1. The third-order valence-electron chi connectivity index (χ3n) is 3.79. The van der Waals surface area contributed by atoms with Crippen molar-refractivity contribution in [2.24, 2.45) is 5.73 Å². The van der Waals surface area contributed by atoms with Gasteiger partial charge in [-0.15, -0.1) is 0 Å².